The van der Waals surface area contributed by atoms with Crippen molar-refractivity contribution >= 4 is 39.1 Å². The lowest BCUT2D eigenvalue weighted by molar-refractivity contribution is 0.598. The zero-order chi connectivity index (χ0) is 16.4. The molecule has 0 unspecified atom stereocenters. The normalized spacial score (nSPS) is 14.8. The van der Waals surface area contributed by atoms with Crippen molar-refractivity contribution in [3.05, 3.63) is 28.1 Å². The van der Waals surface area contributed by atoms with Crippen molar-refractivity contribution < 1.29 is 8.42 Å². The third-order valence-corrected chi connectivity index (χ3v) is 5.69. The van der Waals surface area contributed by atoms with Crippen molar-refractivity contribution in [2.75, 3.05) is 17.6 Å². The second kappa shape index (κ2) is 6.48. The predicted molar refractivity (Wildman–Crippen MR) is 89.6 cm³/mol. The number of anilines is 1. The molecule has 11 heteroatoms. The van der Waals surface area contributed by atoms with Crippen molar-refractivity contribution in [2.24, 2.45) is 5.14 Å². The molecule has 1 aromatic heterocycles. The fraction of sp³-hybridized carbons (Fsp3) is 0.250. The summed E-state index contributed by atoms with van der Waals surface area (Å²) in [6.45, 7) is 0.612. The van der Waals surface area contributed by atoms with E-state index in [9.17, 15) is 8.42 Å². The Balaban J connectivity index is 2.01. The molecule has 1 aliphatic rings. The minimum absolute atomic E-state index is 0.0373. The summed E-state index contributed by atoms with van der Waals surface area (Å²) in [5, 5.41) is 22.1. The number of nitrogens with one attached hydrogen (secondary N) is 2. The first-order valence-electron chi connectivity index (χ1n) is 6.61. The van der Waals surface area contributed by atoms with Crippen LogP contribution in [0.1, 0.15) is 6.42 Å². The molecular formula is C12H13ClN6O2S2. The summed E-state index contributed by atoms with van der Waals surface area (Å²) in [6, 6.07) is 2.86. The highest BCUT2D eigenvalue weighted by Crippen LogP contribution is 2.34. The van der Waals surface area contributed by atoms with Crippen LogP contribution < -0.4 is 10.5 Å². The molecule has 0 fully saturated rings. The van der Waals surface area contributed by atoms with Gasteiger partial charge in [0.2, 0.25) is 15.8 Å². The molecule has 23 heavy (non-hydrogen) atoms. The van der Waals surface area contributed by atoms with E-state index in [1.165, 1.54) is 17.0 Å². The molecule has 3 rings (SSSR count). The maximum Gasteiger partial charge on any atom is 0.239 e. The minimum Gasteiger partial charge on any atom is -0.380 e. The van der Waals surface area contributed by atoms with Crippen LogP contribution in [0.4, 0.5) is 5.69 Å². The van der Waals surface area contributed by atoms with Crippen LogP contribution in [0.2, 0.25) is 5.02 Å². The molecule has 2 aromatic rings. The third-order valence-electron chi connectivity index (χ3n) is 3.20. The molecule has 8 nitrogen and oxygen atoms in total. The van der Waals surface area contributed by atoms with E-state index in [1.807, 2.05) is 0 Å². The van der Waals surface area contributed by atoms with Crippen molar-refractivity contribution in [3.63, 3.8) is 0 Å². The fourth-order valence-electron chi connectivity index (χ4n) is 2.15. The zero-order valence-electron chi connectivity index (χ0n) is 11.8. The number of nitrogens with two attached hydrogens (primary N) is 1. The summed E-state index contributed by atoms with van der Waals surface area (Å²) in [6.07, 6.45) is 3.20. The van der Waals surface area contributed by atoms with E-state index in [1.54, 1.807) is 11.8 Å². The van der Waals surface area contributed by atoms with Crippen molar-refractivity contribution in [1.29, 1.82) is 0 Å². The quantitative estimate of drug-likeness (QED) is 0.727. The minimum atomic E-state index is -3.96. The van der Waals surface area contributed by atoms with Gasteiger partial charge in [0, 0.05) is 23.5 Å². The van der Waals surface area contributed by atoms with Crippen LogP contribution in [0.3, 0.4) is 0 Å². The van der Waals surface area contributed by atoms with E-state index in [-0.39, 0.29) is 15.7 Å². The Hall–Kier alpha value is -1.62. The predicted octanol–water partition coefficient (Wildman–Crippen LogP) is 1.60. The number of H-pyrrole nitrogens is 1. The summed E-state index contributed by atoms with van der Waals surface area (Å²) in [5.41, 5.74) is 1.06. The smallest absolute Gasteiger partial charge is 0.239 e. The molecular weight excluding hydrogens is 360 g/mol. The number of aromatic nitrogens is 4. The topological polar surface area (TPSA) is 127 Å². The van der Waals surface area contributed by atoms with Gasteiger partial charge in [0.1, 0.15) is 4.90 Å². The highest BCUT2D eigenvalue weighted by Gasteiger charge is 2.20. The second-order valence-corrected chi connectivity index (χ2v) is 7.93. The van der Waals surface area contributed by atoms with Gasteiger partial charge >= 0.3 is 0 Å². The first kappa shape index (κ1) is 16.2. The Morgan fingerprint density at radius 1 is 1.43 bits per heavy atom. The van der Waals surface area contributed by atoms with Gasteiger partial charge in [-0.25, -0.2) is 13.6 Å². The molecule has 1 aromatic carbocycles. The SMILES string of the molecule is NS(=O)(=O)c1cc(-c2nn[nH]n2)c(NCC2=CCCS2)cc1Cl. The average Bonchev–Trinajstić information content (AvgIpc) is 3.17. The molecule has 0 saturated carbocycles. The number of benzene rings is 1. The number of rotatable bonds is 5. The Labute approximate surface area is 141 Å². The Morgan fingerprint density at radius 3 is 2.87 bits per heavy atom. The highest BCUT2D eigenvalue weighted by atomic mass is 35.5. The van der Waals surface area contributed by atoms with Crippen LogP contribution in [-0.2, 0) is 10.0 Å². The first-order chi connectivity index (χ1) is 10.9. The van der Waals surface area contributed by atoms with Crippen LogP contribution in [0.25, 0.3) is 11.4 Å². The standard InChI is InChI=1S/C12H13ClN6O2S2/c13-9-5-10(15-6-7-2-1-3-22-7)8(12-16-18-19-17-12)4-11(9)23(14,20)21/h2,4-5,15H,1,3,6H2,(H2,14,20,21)(H,16,17,18,19). The Bertz CT molecular complexity index is 851. The summed E-state index contributed by atoms with van der Waals surface area (Å²) in [5.74, 6) is 1.32. The van der Waals surface area contributed by atoms with Crippen LogP contribution in [0.5, 0.6) is 0 Å². The number of nitrogens with zero attached hydrogens (tertiary/aromatic N) is 3. The monoisotopic (exact) mass is 372 g/mol. The Kier molecular flexibility index (Phi) is 4.57. The van der Waals surface area contributed by atoms with Crippen molar-refractivity contribution in [3.8, 4) is 11.4 Å². The van der Waals surface area contributed by atoms with Gasteiger partial charge in [0.05, 0.1) is 5.02 Å². The van der Waals surface area contributed by atoms with E-state index >= 15 is 0 Å². The fourth-order valence-corrected chi connectivity index (χ4v) is 4.16. The number of tetrazole rings is 1. The molecule has 1 aliphatic heterocycles. The van der Waals surface area contributed by atoms with Crippen molar-refractivity contribution in [1.82, 2.24) is 20.6 Å². The lowest BCUT2D eigenvalue weighted by Gasteiger charge is -2.13. The molecule has 4 N–H and O–H groups in total. The van der Waals surface area contributed by atoms with E-state index < -0.39 is 10.0 Å². The molecule has 0 aliphatic carbocycles. The van der Waals surface area contributed by atoms with Crippen LogP contribution >= 0.6 is 23.4 Å². The summed E-state index contributed by atoms with van der Waals surface area (Å²) in [7, 11) is -3.96. The van der Waals surface area contributed by atoms with E-state index in [2.05, 4.69) is 32.0 Å². The number of thioether (sulfide) groups is 1. The third kappa shape index (κ3) is 3.66. The highest BCUT2D eigenvalue weighted by molar-refractivity contribution is 8.03. The number of aromatic amines is 1. The summed E-state index contributed by atoms with van der Waals surface area (Å²) < 4.78 is 23.3. The number of primary sulfonamides is 1. The molecule has 0 radical (unpaired) electrons. The van der Waals surface area contributed by atoms with Crippen LogP contribution in [0.15, 0.2) is 28.0 Å². The van der Waals surface area contributed by atoms with Gasteiger partial charge in [0.25, 0.3) is 0 Å². The van der Waals surface area contributed by atoms with Gasteiger partial charge in [-0.2, -0.15) is 5.21 Å². The largest absolute Gasteiger partial charge is 0.380 e. The van der Waals surface area contributed by atoms with Gasteiger partial charge < -0.3 is 5.32 Å². The van der Waals surface area contributed by atoms with E-state index in [4.69, 9.17) is 16.7 Å². The van der Waals surface area contributed by atoms with Gasteiger partial charge in [-0.3, -0.25) is 0 Å². The molecule has 0 amide bonds. The number of hydrogen-bond donors (Lipinski definition) is 3. The Morgan fingerprint density at radius 2 is 2.26 bits per heavy atom. The number of hydrogen-bond acceptors (Lipinski definition) is 7. The van der Waals surface area contributed by atoms with Crippen LogP contribution in [0, 0.1) is 0 Å². The van der Waals surface area contributed by atoms with Gasteiger partial charge in [0.15, 0.2) is 0 Å². The maximum absolute atomic E-state index is 11.7. The van der Waals surface area contributed by atoms with Gasteiger partial charge in [-0.1, -0.05) is 17.7 Å². The lowest BCUT2D eigenvalue weighted by atomic mass is 10.1. The summed E-state index contributed by atoms with van der Waals surface area (Å²) in [4.78, 5) is 1.04. The molecule has 0 spiro atoms. The molecule has 0 bridgehead atoms. The lowest BCUT2D eigenvalue weighted by Crippen LogP contribution is -2.14. The van der Waals surface area contributed by atoms with Gasteiger partial charge in [-0.05, 0) is 28.7 Å². The molecule has 0 atom stereocenters. The number of allylic oxidation sites excluding steroid dienone is 1. The maximum atomic E-state index is 11.7. The average molecular weight is 373 g/mol. The first-order valence-corrected chi connectivity index (χ1v) is 9.52. The number of halogens is 1. The summed E-state index contributed by atoms with van der Waals surface area (Å²) >= 11 is 7.84. The molecule has 0 saturated heterocycles. The zero-order valence-corrected chi connectivity index (χ0v) is 14.2. The molecule has 2 heterocycles. The number of sulfonamides is 1. The van der Waals surface area contributed by atoms with E-state index in [0.29, 0.717) is 17.8 Å². The second-order valence-electron chi connectivity index (χ2n) is 4.77. The van der Waals surface area contributed by atoms with E-state index in [0.717, 1.165) is 12.2 Å². The van der Waals surface area contributed by atoms with Crippen LogP contribution in [-0.4, -0.2) is 41.3 Å². The molecule has 122 valence electrons. The van der Waals surface area contributed by atoms with Gasteiger partial charge in [-0.15, -0.1) is 22.0 Å². The van der Waals surface area contributed by atoms with Crippen molar-refractivity contribution in [2.45, 2.75) is 11.3 Å².